The van der Waals surface area contributed by atoms with E-state index in [-0.39, 0.29) is 11.8 Å². The monoisotopic (exact) mass is 300 g/mol. The standard InChI is InChI=1S/C15H22F2N2O2/c1-10-5-6-19(9-12(10)18)8-11-3-4-13(20-2)14(7-11)21-15(16)17/h3-4,7,10,12,15H,5-6,8-9,18H2,1-2H3. The van der Waals surface area contributed by atoms with Gasteiger partial charge in [-0.2, -0.15) is 8.78 Å². The number of nitrogens with two attached hydrogens (primary N) is 1. The second-order valence-electron chi connectivity index (χ2n) is 5.53. The average Bonchev–Trinajstić information content (AvgIpc) is 2.43. The number of alkyl halides is 2. The van der Waals surface area contributed by atoms with Crippen molar-refractivity contribution < 1.29 is 18.3 Å². The fourth-order valence-electron chi connectivity index (χ4n) is 2.58. The van der Waals surface area contributed by atoms with Crippen LogP contribution in [0, 0.1) is 5.92 Å². The van der Waals surface area contributed by atoms with Gasteiger partial charge in [0.05, 0.1) is 7.11 Å². The largest absolute Gasteiger partial charge is 0.493 e. The van der Waals surface area contributed by atoms with E-state index < -0.39 is 6.61 Å². The number of ether oxygens (including phenoxy) is 2. The minimum Gasteiger partial charge on any atom is -0.493 e. The molecule has 0 aliphatic carbocycles. The third-order valence-electron chi connectivity index (χ3n) is 3.95. The highest BCUT2D eigenvalue weighted by Gasteiger charge is 2.23. The van der Waals surface area contributed by atoms with Gasteiger partial charge in [-0.15, -0.1) is 0 Å². The van der Waals surface area contributed by atoms with Crippen molar-refractivity contribution in [2.24, 2.45) is 11.7 Å². The lowest BCUT2D eigenvalue weighted by Gasteiger charge is -2.35. The van der Waals surface area contributed by atoms with Gasteiger partial charge in [0.2, 0.25) is 0 Å². The van der Waals surface area contributed by atoms with Crippen molar-refractivity contribution in [2.45, 2.75) is 32.5 Å². The Bertz CT molecular complexity index is 471. The van der Waals surface area contributed by atoms with Crippen LogP contribution in [0.5, 0.6) is 11.5 Å². The van der Waals surface area contributed by atoms with Crippen LogP contribution in [-0.2, 0) is 6.54 Å². The second-order valence-corrected chi connectivity index (χ2v) is 5.53. The zero-order valence-electron chi connectivity index (χ0n) is 12.4. The minimum absolute atomic E-state index is 0.0691. The fraction of sp³-hybridized carbons (Fsp3) is 0.600. The molecular formula is C15H22F2N2O2. The molecule has 2 unspecified atom stereocenters. The van der Waals surface area contributed by atoms with Gasteiger partial charge in [0.1, 0.15) is 0 Å². The molecule has 0 saturated carbocycles. The van der Waals surface area contributed by atoms with E-state index in [9.17, 15) is 8.78 Å². The van der Waals surface area contributed by atoms with Crippen LogP contribution in [0.2, 0.25) is 0 Å². The summed E-state index contributed by atoms with van der Waals surface area (Å²) in [4.78, 5) is 2.23. The van der Waals surface area contributed by atoms with Gasteiger partial charge in [-0.1, -0.05) is 13.0 Å². The Morgan fingerprint density at radius 3 is 2.76 bits per heavy atom. The molecule has 2 atom stereocenters. The summed E-state index contributed by atoms with van der Waals surface area (Å²) in [6.07, 6.45) is 1.05. The molecule has 0 radical (unpaired) electrons. The highest BCUT2D eigenvalue weighted by Crippen LogP contribution is 2.30. The van der Waals surface area contributed by atoms with E-state index in [4.69, 9.17) is 10.5 Å². The Morgan fingerprint density at radius 1 is 1.38 bits per heavy atom. The molecule has 21 heavy (non-hydrogen) atoms. The summed E-state index contributed by atoms with van der Waals surface area (Å²) in [6, 6.07) is 5.28. The molecule has 1 aliphatic heterocycles. The van der Waals surface area contributed by atoms with E-state index in [1.807, 2.05) is 6.07 Å². The molecule has 2 rings (SSSR count). The number of likely N-dealkylation sites (tertiary alicyclic amines) is 1. The summed E-state index contributed by atoms with van der Waals surface area (Å²) in [5, 5.41) is 0. The van der Waals surface area contributed by atoms with Crippen LogP contribution in [0.25, 0.3) is 0 Å². The molecule has 0 bridgehead atoms. The lowest BCUT2D eigenvalue weighted by atomic mass is 9.94. The van der Waals surface area contributed by atoms with Crippen molar-refractivity contribution in [1.82, 2.24) is 4.90 Å². The Hall–Kier alpha value is -1.40. The second kappa shape index (κ2) is 7.04. The van der Waals surface area contributed by atoms with Crippen molar-refractivity contribution in [3.05, 3.63) is 23.8 Å². The Labute approximate surface area is 123 Å². The third kappa shape index (κ3) is 4.28. The van der Waals surface area contributed by atoms with Crippen LogP contribution in [-0.4, -0.2) is 37.8 Å². The van der Waals surface area contributed by atoms with E-state index in [1.54, 1.807) is 12.1 Å². The van der Waals surface area contributed by atoms with Crippen LogP contribution in [0.1, 0.15) is 18.9 Å². The van der Waals surface area contributed by atoms with E-state index in [0.717, 1.165) is 25.1 Å². The predicted octanol–water partition coefficient (Wildman–Crippen LogP) is 2.47. The van der Waals surface area contributed by atoms with Crippen molar-refractivity contribution >= 4 is 0 Å². The first-order chi connectivity index (χ1) is 9.99. The van der Waals surface area contributed by atoms with Gasteiger partial charge in [0.15, 0.2) is 11.5 Å². The van der Waals surface area contributed by atoms with E-state index in [1.165, 1.54) is 7.11 Å². The van der Waals surface area contributed by atoms with Gasteiger partial charge < -0.3 is 15.2 Å². The molecule has 1 aromatic carbocycles. The van der Waals surface area contributed by atoms with Crippen molar-refractivity contribution in [2.75, 3.05) is 20.2 Å². The van der Waals surface area contributed by atoms with Gasteiger partial charge >= 0.3 is 6.61 Å². The molecule has 1 fully saturated rings. The lowest BCUT2D eigenvalue weighted by molar-refractivity contribution is -0.0512. The molecule has 4 nitrogen and oxygen atoms in total. The maximum absolute atomic E-state index is 12.4. The maximum atomic E-state index is 12.4. The predicted molar refractivity (Wildman–Crippen MR) is 76.7 cm³/mol. The number of halogens is 2. The summed E-state index contributed by atoms with van der Waals surface area (Å²) >= 11 is 0. The van der Waals surface area contributed by atoms with Gasteiger partial charge in [-0.05, 0) is 36.6 Å². The van der Waals surface area contributed by atoms with Crippen molar-refractivity contribution in [1.29, 1.82) is 0 Å². The summed E-state index contributed by atoms with van der Waals surface area (Å²) in [7, 11) is 1.43. The van der Waals surface area contributed by atoms with Crippen LogP contribution >= 0.6 is 0 Å². The minimum atomic E-state index is -2.86. The van der Waals surface area contributed by atoms with Crippen LogP contribution < -0.4 is 15.2 Å². The van der Waals surface area contributed by atoms with Crippen LogP contribution in [0.15, 0.2) is 18.2 Å². The number of hydrogen-bond acceptors (Lipinski definition) is 4. The summed E-state index contributed by atoms with van der Waals surface area (Å²) < 4.78 is 34.4. The number of nitrogens with zero attached hydrogens (tertiary/aromatic N) is 1. The number of rotatable bonds is 5. The molecule has 1 aromatic rings. The SMILES string of the molecule is COc1ccc(CN2CCC(C)C(N)C2)cc1OC(F)F. The maximum Gasteiger partial charge on any atom is 0.387 e. The van der Waals surface area contributed by atoms with Gasteiger partial charge in [-0.3, -0.25) is 4.90 Å². The Balaban J connectivity index is 2.06. The van der Waals surface area contributed by atoms with Crippen LogP contribution in [0.3, 0.4) is 0 Å². The molecule has 0 amide bonds. The van der Waals surface area contributed by atoms with Gasteiger partial charge in [0.25, 0.3) is 0 Å². The van der Waals surface area contributed by atoms with Gasteiger partial charge in [0, 0.05) is 19.1 Å². The van der Waals surface area contributed by atoms with E-state index in [0.29, 0.717) is 18.2 Å². The number of hydrogen-bond donors (Lipinski definition) is 1. The fourth-order valence-corrected chi connectivity index (χ4v) is 2.58. The third-order valence-corrected chi connectivity index (χ3v) is 3.95. The quantitative estimate of drug-likeness (QED) is 0.907. The number of piperidine rings is 1. The van der Waals surface area contributed by atoms with Gasteiger partial charge in [-0.25, -0.2) is 0 Å². The molecule has 0 spiro atoms. The Kier molecular flexibility index (Phi) is 5.36. The first-order valence-corrected chi connectivity index (χ1v) is 7.09. The lowest BCUT2D eigenvalue weighted by Crippen LogP contribution is -2.47. The molecule has 2 N–H and O–H groups in total. The average molecular weight is 300 g/mol. The zero-order valence-corrected chi connectivity index (χ0v) is 12.4. The van der Waals surface area contributed by atoms with Crippen molar-refractivity contribution in [3.63, 3.8) is 0 Å². The molecular weight excluding hydrogens is 278 g/mol. The Morgan fingerprint density at radius 2 is 2.14 bits per heavy atom. The normalized spacial score (nSPS) is 23.3. The number of benzene rings is 1. The number of methoxy groups -OCH3 is 1. The summed E-state index contributed by atoms with van der Waals surface area (Å²) in [5.41, 5.74) is 6.99. The smallest absolute Gasteiger partial charge is 0.387 e. The summed E-state index contributed by atoms with van der Waals surface area (Å²) in [5.74, 6) is 0.900. The van der Waals surface area contributed by atoms with E-state index >= 15 is 0 Å². The molecule has 1 heterocycles. The topological polar surface area (TPSA) is 47.7 Å². The highest BCUT2D eigenvalue weighted by atomic mass is 19.3. The highest BCUT2D eigenvalue weighted by molar-refractivity contribution is 5.43. The molecule has 1 saturated heterocycles. The molecule has 0 aromatic heterocycles. The van der Waals surface area contributed by atoms with E-state index in [2.05, 4.69) is 16.6 Å². The first-order valence-electron chi connectivity index (χ1n) is 7.09. The molecule has 6 heteroatoms. The molecule has 1 aliphatic rings. The zero-order chi connectivity index (χ0) is 15.4. The first kappa shape index (κ1) is 16.0. The van der Waals surface area contributed by atoms with Crippen LogP contribution in [0.4, 0.5) is 8.78 Å². The summed E-state index contributed by atoms with van der Waals surface area (Å²) in [6.45, 7) is 1.75. The van der Waals surface area contributed by atoms with Crippen molar-refractivity contribution in [3.8, 4) is 11.5 Å². The molecule has 118 valence electrons.